The molecule has 1 aliphatic carbocycles. The Morgan fingerprint density at radius 2 is 1.90 bits per heavy atom. The van der Waals surface area contributed by atoms with Gasteiger partial charge in [0, 0.05) is 19.1 Å². The van der Waals surface area contributed by atoms with E-state index in [0.717, 1.165) is 32.4 Å². The Hall–Kier alpha value is -0.900. The maximum Gasteiger partial charge on any atom is 0.0721 e. The number of nitrogens with zero attached hydrogens (tertiary/aromatic N) is 1. The van der Waals surface area contributed by atoms with Crippen LogP contribution < -0.4 is 0 Å². The third-order valence-corrected chi connectivity index (χ3v) is 4.67. The lowest BCUT2D eigenvalue weighted by atomic mass is 9.91. The van der Waals surface area contributed by atoms with Crippen molar-refractivity contribution in [2.24, 2.45) is 0 Å². The van der Waals surface area contributed by atoms with Gasteiger partial charge in [0.15, 0.2) is 0 Å². The third-order valence-electron chi connectivity index (χ3n) is 4.67. The van der Waals surface area contributed by atoms with Crippen molar-refractivity contribution in [2.45, 2.75) is 57.0 Å². The third kappa shape index (κ3) is 3.40. The van der Waals surface area contributed by atoms with Gasteiger partial charge >= 0.3 is 0 Å². The number of hydrogen-bond acceptors (Lipinski definition) is 3. The number of hydrogen-bond donors (Lipinski definition) is 1. The van der Waals surface area contributed by atoms with Gasteiger partial charge in [-0.2, -0.15) is 0 Å². The second kappa shape index (κ2) is 6.70. The molecular formula is C17H25NO2. The normalized spacial score (nSPS) is 31.6. The number of benzene rings is 1. The molecule has 3 atom stereocenters. The lowest BCUT2D eigenvalue weighted by Crippen LogP contribution is -2.44. The number of aliphatic hydroxyl groups excluding tert-OH is 1. The van der Waals surface area contributed by atoms with E-state index in [-0.39, 0.29) is 6.10 Å². The van der Waals surface area contributed by atoms with E-state index in [1.54, 1.807) is 0 Å². The van der Waals surface area contributed by atoms with Crippen LogP contribution in [0.4, 0.5) is 0 Å². The Labute approximate surface area is 121 Å². The average molecular weight is 275 g/mol. The molecule has 1 saturated carbocycles. The summed E-state index contributed by atoms with van der Waals surface area (Å²) in [5, 5.41) is 10.1. The second-order valence-corrected chi connectivity index (χ2v) is 6.12. The van der Waals surface area contributed by atoms with Crippen molar-refractivity contribution in [3.05, 3.63) is 35.9 Å². The number of rotatable bonds is 4. The first-order chi connectivity index (χ1) is 9.83. The maximum atomic E-state index is 10.1. The monoisotopic (exact) mass is 275 g/mol. The molecule has 1 unspecified atom stereocenters. The molecule has 0 bridgehead atoms. The summed E-state index contributed by atoms with van der Waals surface area (Å²) in [6, 6.07) is 10.7. The van der Waals surface area contributed by atoms with E-state index in [1.165, 1.54) is 18.4 Å². The van der Waals surface area contributed by atoms with Crippen molar-refractivity contribution >= 4 is 0 Å². The van der Waals surface area contributed by atoms with Gasteiger partial charge in [-0.05, 0) is 24.8 Å². The predicted molar refractivity (Wildman–Crippen MR) is 79.5 cm³/mol. The summed E-state index contributed by atoms with van der Waals surface area (Å²) in [7, 11) is 0. The molecule has 2 aliphatic rings. The molecule has 1 saturated heterocycles. The van der Waals surface area contributed by atoms with Gasteiger partial charge in [-0.15, -0.1) is 0 Å². The van der Waals surface area contributed by atoms with E-state index in [1.807, 2.05) is 6.07 Å². The van der Waals surface area contributed by atoms with Gasteiger partial charge < -0.3 is 9.84 Å². The minimum absolute atomic E-state index is 0.128. The molecule has 1 aromatic rings. The van der Waals surface area contributed by atoms with Crippen molar-refractivity contribution in [3.8, 4) is 0 Å². The first kappa shape index (κ1) is 14.1. The van der Waals surface area contributed by atoms with Gasteiger partial charge in [0.25, 0.3) is 0 Å². The molecule has 110 valence electrons. The number of likely N-dealkylation sites (tertiary alicyclic amines) is 1. The number of ether oxygens (including phenoxy) is 1. The fourth-order valence-corrected chi connectivity index (χ4v) is 3.50. The Bertz CT molecular complexity index is 409. The highest BCUT2D eigenvalue weighted by molar-refractivity contribution is 5.13. The van der Waals surface area contributed by atoms with Crippen molar-refractivity contribution in [1.82, 2.24) is 4.90 Å². The fourth-order valence-electron chi connectivity index (χ4n) is 3.50. The first-order valence-corrected chi connectivity index (χ1v) is 7.90. The van der Waals surface area contributed by atoms with Crippen LogP contribution in [0.1, 0.15) is 37.7 Å². The predicted octanol–water partition coefficient (Wildman–Crippen LogP) is 2.58. The summed E-state index contributed by atoms with van der Waals surface area (Å²) in [6.07, 6.45) is 5.84. The van der Waals surface area contributed by atoms with Crippen molar-refractivity contribution in [3.63, 3.8) is 0 Å². The van der Waals surface area contributed by atoms with Crippen molar-refractivity contribution < 1.29 is 9.84 Å². The van der Waals surface area contributed by atoms with E-state index >= 15 is 0 Å². The fraction of sp³-hybridized carbons (Fsp3) is 0.647. The highest BCUT2D eigenvalue weighted by Gasteiger charge is 2.33. The summed E-state index contributed by atoms with van der Waals surface area (Å²) in [6.45, 7) is 2.75. The quantitative estimate of drug-likeness (QED) is 0.916. The molecule has 1 N–H and O–H groups in total. The second-order valence-electron chi connectivity index (χ2n) is 6.12. The van der Waals surface area contributed by atoms with Gasteiger partial charge in [-0.1, -0.05) is 43.2 Å². The lowest BCUT2D eigenvalue weighted by Gasteiger charge is -2.35. The zero-order valence-corrected chi connectivity index (χ0v) is 12.1. The van der Waals surface area contributed by atoms with E-state index in [4.69, 9.17) is 4.74 Å². The summed E-state index contributed by atoms with van der Waals surface area (Å²) < 4.78 is 6.02. The van der Waals surface area contributed by atoms with Crippen LogP contribution in [0.15, 0.2) is 30.3 Å². The molecule has 0 aromatic heterocycles. The van der Waals surface area contributed by atoms with Crippen LogP contribution in [0.2, 0.25) is 0 Å². The molecule has 0 amide bonds. The Balaban J connectivity index is 1.47. The summed E-state index contributed by atoms with van der Waals surface area (Å²) in [5.41, 5.74) is 1.24. The zero-order chi connectivity index (χ0) is 13.8. The Morgan fingerprint density at radius 1 is 1.10 bits per heavy atom. The molecule has 3 nitrogen and oxygen atoms in total. The van der Waals surface area contributed by atoms with Gasteiger partial charge in [0.1, 0.15) is 0 Å². The van der Waals surface area contributed by atoms with Crippen molar-refractivity contribution in [1.29, 1.82) is 0 Å². The van der Waals surface area contributed by atoms with Gasteiger partial charge in [-0.25, -0.2) is 0 Å². The summed E-state index contributed by atoms with van der Waals surface area (Å²) >= 11 is 0. The number of aliphatic hydroxyl groups is 1. The summed E-state index contributed by atoms with van der Waals surface area (Å²) in [4.78, 5) is 2.44. The topological polar surface area (TPSA) is 32.7 Å². The zero-order valence-electron chi connectivity index (χ0n) is 12.1. The molecule has 20 heavy (non-hydrogen) atoms. The molecule has 0 radical (unpaired) electrons. The Kier molecular flexibility index (Phi) is 4.71. The van der Waals surface area contributed by atoms with Crippen LogP contribution in [0, 0.1) is 0 Å². The smallest absolute Gasteiger partial charge is 0.0721 e. The van der Waals surface area contributed by atoms with Crippen LogP contribution >= 0.6 is 0 Å². The average Bonchev–Trinajstić information content (AvgIpc) is 2.95. The standard InChI is InChI=1S/C17H25NO2/c19-17-9-5-4-8-16(17)18-11-10-15(12-18)20-13-14-6-2-1-3-7-14/h1-3,6-7,15-17,19H,4-5,8-13H2/t15-,16?,17+/m1/s1. The molecule has 0 spiro atoms. The molecule has 1 aromatic carbocycles. The Morgan fingerprint density at radius 3 is 2.70 bits per heavy atom. The molecular weight excluding hydrogens is 250 g/mol. The van der Waals surface area contributed by atoms with Gasteiger partial charge in [0.2, 0.25) is 0 Å². The highest BCUT2D eigenvalue weighted by atomic mass is 16.5. The molecule has 1 aliphatic heterocycles. The van der Waals surface area contributed by atoms with Crippen LogP contribution in [-0.2, 0) is 11.3 Å². The van der Waals surface area contributed by atoms with E-state index in [0.29, 0.717) is 18.8 Å². The van der Waals surface area contributed by atoms with Crippen LogP contribution in [0.3, 0.4) is 0 Å². The molecule has 1 heterocycles. The SMILES string of the molecule is O[C@H]1CCCCC1N1CC[C@@H](OCc2ccccc2)C1. The summed E-state index contributed by atoms with van der Waals surface area (Å²) in [5.74, 6) is 0. The van der Waals surface area contributed by atoms with Crippen LogP contribution in [-0.4, -0.2) is 41.3 Å². The van der Waals surface area contributed by atoms with Gasteiger partial charge in [0.05, 0.1) is 18.8 Å². The molecule has 2 fully saturated rings. The minimum atomic E-state index is -0.128. The van der Waals surface area contributed by atoms with Crippen LogP contribution in [0.5, 0.6) is 0 Å². The largest absolute Gasteiger partial charge is 0.391 e. The van der Waals surface area contributed by atoms with Crippen molar-refractivity contribution in [2.75, 3.05) is 13.1 Å². The lowest BCUT2D eigenvalue weighted by molar-refractivity contribution is 0.00967. The maximum absolute atomic E-state index is 10.1. The molecule has 3 rings (SSSR count). The van der Waals surface area contributed by atoms with E-state index < -0.39 is 0 Å². The molecule has 3 heteroatoms. The minimum Gasteiger partial charge on any atom is -0.391 e. The van der Waals surface area contributed by atoms with E-state index in [2.05, 4.69) is 29.2 Å². The van der Waals surface area contributed by atoms with Crippen LogP contribution in [0.25, 0.3) is 0 Å². The van der Waals surface area contributed by atoms with E-state index in [9.17, 15) is 5.11 Å². The highest BCUT2D eigenvalue weighted by Crippen LogP contribution is 2.27. The van der Waals surface area contributed by atoms with Gasteiger partial charge in [-0.3, -0.25) is 4.90 Å². The first-order valence-electron chi connectivity index (χ1n) is 7.90.